The Morgan fingerprint density at radius 3 is 2.33 bits per heavy atom. The molecule has 3 aliphatic heterocycles. The molecule has 0 aliphatic carbocycles. The van der Waals surface area contributed by atoms with Gasteiger partial charge in [-0.3, -0.25) is 4.79 Å². The van der Waals surface area contributed by atoms with E-state index in [1.54, 1.807) is 0 Å². The minimum absolute atomic E-state index is 0.0681. The molecule has 3 heterocycles. The van der Waals surface area contributed by atoms with Gasteiger partial charge >= 0.3 is 6.09 Å². The molecule has 0 spiro atoms. The van der Waals surface area contributed by atoms with Crippen molar-refractivity contribution in [3.63, 3.8) is 0 Å². The van der Waals surface area contributed by atoms with Gasteiger partial charge in [0.25, 0.3) is 0 Å². The molecule has 30 heavy (non-hydrogen) atoms. The summed E-state index contributed by atoms with van der Waals surface area (Å²) < 4.78 is 5.31. The highest BCUT2D eigenvalue weighted by molar-refractivity contribution is 5.78. The predicted octanol–water partition coefficient (Wildman–Crippen LogP) is 4.64. The largest absolute Gasteiger partial charge is 0.450 e. The van der Waals surface area contributed by atoms with Crippen LogP contribution in [0.4, 0.5) is 4.79 Å². The molecule has 0 radical (unpaired) electrons. The number of hydrogen-bond donors (Lipinski definition) is 0. The summed E-state index contributed by atoms with van der Waals surface area (Å²) in [5, 5.41) is 0. The highest BCUT2D eigenvalue weighted by atomic mass is 16.6. The molecule has 1 aromatic carbocycles. The van der Waals surface area contributed by atoms with E-state index in [4.69, 9.17) is 4.74 Å². The lowest BCUT2D eigenvalue weighted by molar-refractivity contribution is 0.0216. The Labute approximate surface area is 180 Å². The summed E-state index contributed by atoms with van der Waals surface area (Å²) in [7, 11) is 0. The third kappa shape index (κ3) is 3.66. The van der Waals surface area contributed by atoms with Gasteiger partial charge < -0.3 is 14.5 Å². The zero-order valence-electron chi connectivity index (χ0n) is 18.7. The third-order valence-corrected chi connectivity index (χ3v) is 8.12. The maximum atomic E-state index is 12.4. The zero-order valence-corrected chi connectivity index (χ0v) is 18.7. The first-order valence-corrected chi connectivity index (χ1v) is 11.7. The number of carbonyl (C=O) groups excluding carboxylic acids is 2. The standard InChI is InChI=1S/C25H36N2O3/c1-4-30-24(29)27-20-9-10-21(27)16-22(15-20)26-13-11-25(12-14-26,18(2)3)23-8-6-5-7-19(23)17-28/h5-8,17-18,20-22H,4,9-16H2,1-3H3. The minimum Gasteiger partial charge on any atom is -0.450 e. The summed E-state index contributed by atoms with van der Waals surface area (Å²) in [6.07, 6.45) is 7.42. The van der Waals surface area contributed by atoms with E-state index in [-0.39, 0.29) is 11.5 Å². The summed E-state index contributed by atoms with van der Waals surface area (Å²) in [5.41, 5.74) is 2.14. The molecule has 1 aromatic rings. The molecule has 2 unspecified atom stereocenters. The van der Waals surface area contributed by atoms with Crippen molar-refractivity contribution in [1.82, 2.24) is 9.80 Å². The Morgan fingerprint density at radius 1 is 1.13 bits per heavy atom. The van der Waals surface area contributed by atoms with Gasteiger partial charge in [0, 0.05) is 29.1 Å². The van der Waals surface area contributed by atoms with Crippen molar-refractivity contribution in [2.24, 2.45) is 5.92 Å². The van der Waals surface area contributed by atoms with Crippen LogP contribution in [0.25, 0.3) is 0 Å². The van der Waals surface area contributed by atoms with Crippen LogP contribution in [0.2, 0.25) is 0 Å². The van der Waals surface area contributed by atoms with E-state index in [2.05, 4.69) is 30.9 Å². The lowest BCUT2D eigenvalue weighted by Gasteiger charge is -2.50. The molecule has 3 aliphatic rings. The second kappa shape index (κ2) is 8.70. The van der Waals surface area contributed by atoms with E-state index in [0.717, 1.165) is 63.5 Å². The molecule has 0 saturated carbocycles. The molecule has 3 saturated heterocycles. The summed E-state index contributed by atoms with van der Waals surface area (Å²) in [4.78, 5) is 28.8. The molecular formula is C25H36N2O3. The van der Waals surface area contributed by atoms with Crippen molar-refractivity contribution in [3.8, 4) is 0 Å². The van der Waals surface area contributed by atoms with Crippen LogP contribution < -0.4 is 0 Å². The van der Waals surface area contributed by atoms with Crippen LogP contribution in [0.15, 0.2) is 24.3 Å². The van der Waals surface area contributed by atoms with Crippen molar-refractivity contribution in [3.05, 3.63) is 35.4 Å². The van der Waals surface area contributed by atoms with Gasteiger partial charge in [-0.15, -0.1) is 0 Å². The molecule has 2 atom stereocenters. The van der Waals surface area contributed by atoms with Gasteiger partial charge in [-0.25, -0.2) is 4.79 Å². The number of hydrogen-bond acceptors (Lipinski definition) is 4. The van der Waals surface area contributed by atoms with Crippen molar-refractivity contribution in [2.75, 3.05) is 19.7 Å². The van der Waals surface area contributed by atoms with Crippen LogP contribution in [0.5, 0.6) is 0 Å². The Bertz CT molecular complexity index is 755. The fraction of sp³-hybridized carbons (Fsp3) is 0.680. The van der Waals surface area contributed by atoms with E-state index in [1.807, 2.05) is 24.0 Å². The Morgan fingerprint density at radius 2 is 1.77 bits per heavy atom. The fourth-order valence-electron chi connectivity index (χ4n) is 6.44. The Kier molecular flexibility index (Phi) is 6.19. The van der Waals surface area contributed by atoms with Crippen LogP contribution in [-0.4, -0.2) is 60.0 Å². The molecule has 0 N–H and O–H groups in total. The smallest absolute Gasteiger partial charge is 0.410 e. The second-order valence-electron chi connectivity index (χ2n) is 9.67. The first-order chi connectivity index (χ1) is 14.5. The average molecular weight is 413 g/mol. The first kappa shape index (κ1) is 21.4. The van der Waals surface area contributed by atoms with Crippen molar-refractivity contribution < 1.29 is 14.3 Å². The van der Waals surface area contributed by atoms with Crippen LogP contribution in [0.3, 0.4) is 0 Å². The van der Waals surface area contributed by atoms with Crippen LogP contribution in [-0.2, 0) is 10.2 Å². The Hall–Kier alpha value is -1.88. The van der Waals surface area contributed by atoms with Gasteiger partial charge in [-0.1, -0.05) is 38.1 Å². The highest BCUT2D eigenvalue weighted by Crippen LogP contribution is 2.45. The summed E-state index contributed by atoms with van der Waals surface area (Å²) in [6.45, 7) is 9.06. The average Bonchev–Trinajstić information content (AvgIpc) is 3.03. The predicted molar refractivity (Wildman–Crippen MR) is 118 cm³/mol. The number of ether oxygens (including phenoxy) is 1. The summed E-state index contributed by atoms with van der Waals surface area (Å²) in [5.74, 6) is 0.489. The summed E-state index contributed by atoms with van der Waals surface area (Å²) in [6, 6.07) is 9.38. The Balaban J connectivity index is 1.46. The van der Waals surface area contributed by atoms with E-state index in [9.17, 15) is 9.59 Å². The molecule has 5 nitrogen and oxygen atoms in total. The van der Waals surface area contributed by atoms with E-state index in [0.29, 0.717) is 30.7 Å². The minimum atomic E-state index is -0.119. The number of piperidine rings is 2. The number of nitrogens with zero attached hydrogens (tertiary/aromatic N) is 2. The van der Waals surface area contributed by atoms with Crippen molar-refractivity contribution >= 4 is 12.4 Å². The number of fused-ring (bicyclic) bond motifs is 2. The number of likely N-dealkylation sites (tertiary alicyclic amines) is 1. The van der Waals surface area contributed by atoms with E-state index < -0.39 is 0 Å². The van der Waals surface area contributed by atoms with Gasteiger partial charge in [0.05, 0.1) is 6.61 Å². The topological polar surface area (TPSA) is 49.9 Å². The van der Waals surface area contributed by atoms with Gasteiger partial charge in [0.1, 0.15) is 6.29 Å². The maximum Gasteiger partial charge on any atom is 0.410 e. The number of aldehydes is 1. The SMILES string of the molecule is CCOC(=O)N1C2CCC1CC(N1CCC(c3ccccc3C=O)(C(C)C)CC1)C2. The molecule has 4 rings (SSSR count). The lowest BCUT2D eigenvalue weighted by Crippen LogP contribution is -2.55. The second-order valence-corrected chi connectivity index (χ2v) is 9.67. The molecular weight excluding hydrogens is 376 g/mol. The van der Waals surface area contributed by atoms with Gasteiger partial charge in [0.2, 0.25) is 0 Å². The normalized spacial score (nSPS) is 28.5. The number of benzene rings is 1. The maximum absolute atomic E-state index is 12.4. The fourth-order valence-corrected chi connectivity index (χ4v) is 6.44. The van der Waals surface area contributed by atoms with E-state index in [1.165, 1.54) is 5.56 Å². The molecule has 164 valence electrons. The quantitative estimate of drug-likeness (QED) is 0.661. The van der Waals surface area contributed by atoms with Gasteiger partial charge in [-0.2, -0.15) is 0 Å². The third-order valence-electron chi connectivity index (χ3n) is 8.12. The molecule has 2 bridgehead atoms. The van der Waals surface area contributed by atoms with Gasteiger partial charge in [-0.05, 0) is 70.0 Å². The highest BCUT2D eigenvalue weighted by Gasteiger charge is 2.47. The lowest BCUT2D eigenvalue weighted by atomic mass is 9.64. The van der Waals surface area contributed by atoms with Crippen molar-refractivity contribution in [2.45, 2.75) is 82.8 Å². The van der Waals surface area contributed by atoms with Crippen LogP contribution in [0, 0.1) is 5.92 Å². The van der Waals surface area contributed by atoms with E-state index >= 15 is 0 Å². The number of carbonyl (C=O) groups is 2. The molecule has 3 fully saturated rings. The van der Waals surface area contributed by atoms with Crippen LogP contribution in [0.1, 0.15) is 75.2 Å². The van der Waals surface area contributed by atoms with Crippen molar-refractivity contribution in [1.29, 1.82) is 0 Å². The number of amides is 1. The van der Waals surface area contributed by atoms with Gasteiger partial charge in [0.15, 0.2) is 0 Å². The summed E-state index contributed by atoms with van der Waals surface area (Å²) >= 11 is 0. The van der Waals surface area contributed by atoms with Crippen LogP contribution >= 0.6 is 0 Å². The monoisotopic (exact) mass is 412 g/mol. The molecule has 0 aromatic heterocycles. The molecule has 5 heteroatoms. The number of rotatable bonds is 5. The first-order valence-electron chi connectivity index (χ1n) is 11.7. The molecule has 1 amide bonds. The zero-order chi connectivity index (χ0) is 21.3.